The number of rotatable bonds is 8. The number of hydrogen-bond acceptors (Lipinski definition) is 6. The lowest BCUT2D eigenvalue weighted by atomic mass is 10.1. The van der Waals surface area contributed by atoms with E-state index in [1.54, 1.807) is 12.1 Å². The zero-order chi connectivity index (χ0) is 23.1. The molecule has 3 rings (SSSR count). The summed E-state index contributed by atoms with van der Waals surface area (Å²) in [6.45, 7) is 5.39. The minimum atomic E-state index is -3.67. The van der Waals surface area contributed by atoms with Gasteiger partial charge in [0.1, 0.15) is 6.07 Å². The number of nitrogens with one attached hydrogen (secondary N) is 1. The van der Waals surface area contributed by atoms with Crippen molar-refractivity contribution < 1.29 is 22.7 Å². The molecular formula is C23H27N3O5S. The van der Waals surface area contributed by atoms with Gasteiger partial charge in [-0.25, -0.2) is 8.42 Å². The fraction of sp³-hybridized carbons (Fsp3) is 0.391. The summed E-state index contributed by atoms with van der Waals surface area (Å²) in [4.78, 5) is 13.0. The Labute approximate surface area is 188 Å². The van der Waals surface area contributed by atoms with Gasteiger partial charge in [-0.3, -0.25) is 4.79 Å². The molecule has 9 heteroatoms. The maximum atomic E-state index is 13.0. The standard InChI is InChI=1S/C23H27N3O5S/c1-3-30-21-14-18(16-24)20(15-22(21)31-4-2)25-23(27)17-9-8-10-19(13-17)32(28,29)26-11-6-5-7-12-26/h8-10,13-15H,3-7,11-12H2,1-2H3,(H,25,27). The van der Waals surface area contributed by atoms with E-state index < -0.39 is 15.9 Å². The molecule has 2 aromatic rings. The summed E-state index contributed by atoms with van der Waals surface area (Å²) in [5.74, 6) is 0.299. The van der Waals surface area contributed by atoms with Crippen LogP contribution in [0.2, 0.25) is 0 Å². The summed E-state index contributed by atoms with van der Waals surface area (Å²) in [7, 11) is -3.67. The summed E-state index contributed by atoms with van der Waals surface area (Å²) in [5.41, 5.74) is 0.648. The third kappa shape index (κ3) is 5.21. The van der Waals surface area contributed by atoms with Crippen molar-refractivity contribution in [1.82, 2.24) is 4.31 Å². The molecule has 170 valence electrons. The van der Waals surface area contributed by atoms with E-state index in [-0.39, 0.29) is 21.7 Å². The first-order chi connectivity index (χ1) is 15.4. The van der Waals surface area contributed by atoms with E-state index in [9.17, 15) is 18.5 Å². The molecular weight excluding hydrogens is 430 g/mol. The summed E-state index contributed by atoms with van der Waals surface area (Å²) in [6, 6.07) is 11.0. The van der Waals surface area contributed by atoms with Gasteiger partial charge in [0, 0.05) is 30.8 Å². The van der Waals surface area contributed by atoms with Crippen molar-refractivity contribution in [1.29, 1.82) is 5.26 Å². The third-order valence-electron chi connectivity index (χ3n) is 5.10. The molecule has 1 aliphatic rings. The van der Waals surface area contributed by atoms with Gasteiger partial charge in [0.15, 0.2) is 11.5 Å². The quantitative estimate of drug-likeness (QED) is 0.646. The average molecular weight is 458 g/mol. The van der Waals surface area contributed by atoms with Crippen LogP contribution in [-0.4, -0.2) is 44.9 Å². The van der Waals surface area contributed by atoms with Crippen molar-refractivity contribution in [3.05, 3.63) is 47.5 Å². The molecule has 0 unspecified atom stereocenters. The van der Waals surface area contributed by atoms with E-state index in [0.717, 1.165) is 19.3 Å². The third-order valence-corrected chi connectivity index (χ3v) is 7.00. The number of nitrogens with zero attached hydrogens (tertiary/aromatic N) is 2. The van der Waals surface area contributed by atoms with Gasteiger partial charge in [-0.15, -0.1) is 0 Å². The largest absolute Gasteiger partial charge is 0.490 e. The van der Waals surface area contributed by atoms with Crippen LogP contribution in [-0.2, 0) is 10.0 Å². The summed E-state index contributed by atoms with van der Waals surface area (Å²) < 4.78 is 38.5. The second-order valence-corrected chi connectivity index (χ2v) is 9.21. The molecule has 1 N–H and O–H groups in total. The van der Waals surface area contributed by atoms with Crippen LogP contribution < -0.4 is 14.8 Å². The van der Waals surface area contributed by atoms with Crippen LogP contribution in [0.1, 0.15) is 49.0 Å². The Kier molecular flexibility index (Phi) is 7.72. The van der Waals surface area contributed by atoms with Crippen molar-refractivity contribution in [2.75, 3.05) is 31.6 Å². The number of amides is 1. The highest BCUT2D eigenvalue weighted by Crippen LogP contribution is 2.34. The van der Waals surface area contributed by atoms with E-state index >= 15 is 0 Å². The molecule has 0 spiro atoms. The number of sulfonamides is 1. The Balaban J connectivity index is 1.88. The van der Waals surface area contributed by atoms with Crippen molar-refractivity contribution in [3.63, 3.8) is 0 Å². The molecule has 32 heavy (non-hydrogen) atoms. The lowest BCUT2D eigenvalue weighted by Gasteiger charge is -2.26. The fourth-order valence-corrected chi connectivity index (χ4v) is 5.10. The van der Waals surface area contributed by atoms with E-state index in [2.05, 4.69) is 5.32 Å². The Morgan fingerprint density at radius 1 is 1.06 bits per heavy atom. The molecule has 1 amide bonds. The zero-order valence-corrected chi connectivity index (χ0v) is 19.1. The Hall–Kier alpha value is -3.09. The first-order valence-corrected chi connectivity index (χ1v) is 12.1. The number of piperidine rings is 1. The number of carbonyl (C=O) groups excluding carboxylic acids is 1. The predicted octanol–water partition coefficient (Wildman–Crippen LogP) is 3.78. The van der Waals surface area contributed by atoms with Crippen LogP contribution in [0.4, 0.5) is 5.69 Å². The van der Waals surface area contributed by atoms with Gasteiger partial charge in [-0.1, -0.05) is 12.5 Å². The van der Waals surface area contributed by atoms with Crippen molar-refractivity contribution in [3.8, 4) is 17.6 Å². The lowest BCUT2D eigenvalue weighted by molar-refractivity contribution is 0.102. The smallest absolute Gasteiger partial charge is 0.255 e. The van der Waals surface area contributed by atoms with Gasteiger partial charge in [0.2, 0.25) is 10.0 Å². The van der Waals surface area contributed by atoms with Gasteiger partial charge < -0.3 is 14.8 Å². The molecule has 0 saturated carbocycles. The van der Waals surface area contributed by atoms with Crippen LogP contribution in [0.5, 0.6) is 11.5 Å². The number of ether oxygens (including phenoxy) is 2. The van der Waals surface area contributed by atoms with E-state index in [1.165, 1.54) is 28.6 Å². The fourth-order valence-electron chi connectivity index (χ4n) is 3.54. The van der Waals surface area contributed by atoms with Gasteiger partial charge in [0.25, 0.3) is 5.91 Å². The maximum Gasteiger partial charge on any atom is 0.255 e. The summed E-state index contributed by atoms with van der Waals surface area (Å²) >= 11 is 0. The molecule has 0 bridgehead atoms. The van der Waals surface area contributed by atoms with Gasteiger partial charge in [-0.05, 0) is 44.9 Å². The molecule has 1 saturated heterocycles. The van der Waals surface area contributed by atoms with Crippen LogP contribution in [0.25, 0.3) is 0 Å². The molecule has 0 aliphatic carbocycles. The second-order valence-electron chi connectivity index (χ2n) is 7.27. The van der Waals surface area contributed by atoms with Crippen molar-refractivity contribution in [2.24, 2.45) is 0 Å². The van der Waals surface area contributed by atoms with Crippen LogP contribution >= 0.6 is 0 Å². The number of benzene rings is 2. The number of carbonyl (C=O) groups is 1. The molecule has 0 aromatic heterocycles. The molecule has 1 aliphatic heterocycles. The van der Waals surface area contributed by atoms with Crippen LogP contribution in [0, 0.1) is 11.3 Å². The Morgan fingerprint density at radius 2 is 1.72 bits per heavy atom. The van der Waals surface area contributed by atoms with Gasteiger partial charge >= 0.3 is 0 Å². The normalized spacial score (nSPS) is 14.4. The van der Waals surface area contributed by atoms with E-state index in [4.69, 9.17) is 9.47 Å². The first-order valence-electron chi connectivity index (χ1n) is 10.7. The van der Waals surface area contributed by atoms with Crippen molar-refractivity contribution >= 4 is 21.6 Å². The van der Waals surface area contributed by atoms with E-state index in [1.807, 2.05) is 19.9 Å². The SMILES string of the molecule is CCOc1cc(C#N)c(NC(=O)c2cccc(S(=O)(=O)N3CCCCC3)c2)cc1OCC. The monoisotopic (exact) mass is 457 g/mol. The number of hydrogen-bond donors (Lipinski definition) is 1. The highest BCUT2D eigenvalue weighted by Gasteiger charge is 2.26. The Bertz CT molecular complexity index is 1120. The minimum Gasteiger partial charge on any atom is -0.490 e. The molecule has 0 atom stereocenters. The summed E-state index contributed by atoms with van der Waals surface area (Å²) in [6.07, 6.45) is 2.67. The molecule has 1 fully saturated rings. The Morgan fingerprint density at radius 3 is 2.34 bits per heavy atom. The highest BCUT2D eigenvalue weighted by molar-refractivity contribution is 7.89. The van der Waals surface area contributed by atoms with Crippen LogP contribution in [0.3, 0.4) is 0 Å². The highest BCUT2D eigenvalue weighted by atomic mass is 32.2. The molecule has 0 radical (unpaired) electrons. The molecule has 1 heterocycles. The summed E-state index contributed by atoms with van der Waals surface area (Å²) in [5, 5.41) is 12.2. The van der Waals surface area contributed by atoms with Gasteiger partial charge in [0.05, 0.1) is 29.4 Å². The van der Waals surface area contributed by atoms with Crippen molar-refractivity contribution in [2.45, 2.75) is 38.0 Å². The number of anilines is 1. The minimum absolute atomic E-state index is 0.0780. The van der Waals surface area contributed by atoms with Gasteiger partial charge in [-0.2, -0.15) is 9.57 Å². The zero-order valence-electron chi connectivity index (χ0n) is 18.3. The lowest BCUT2D eigenvalue weighted by Crippen LogP contribution is -2.35. The topological polar surface area (TPSA) is 109 Å². The predicted molar refractivity (Wildman–Crippen MR) is 121 cm³/mol. The first kappa shape index (κ1) is 23.6. The van der Waals surface area contributed by atoms with E-state index in [0.29, 0.717) is 37.8 Å². The number of nitriles is 1. The molecule has 8 nitrogen and oxygen atoms in total. The second kappa shape index (κ2) is 10.5. The van der Waals surface area contributed by atoms with Crippen LogP contribution in [0.15, 0.2) is 41.3 Å². The average Bonchev–Trinajstić information content (AvgIpc) is 2.81. The molecule has 2 aromatic carbocycles. The maximum absolute atomic E-state index is 13.0.